The molecule has 12 heavy (non-hydrogen) atoms. The van der Waals surface area contributed by atoms with Crippen LogP contribution in [0, 0.1) is 0 Å². The van der Waals surface area contributed by atoms with Gasteiger partial charge >= 0.3 is 0 Å². The molecule has 1 amide bonds. The first-order valence-electron chi connectivity index (χ1n) is 4.54. The minimum Gasteiger partial charge on any atom is -0.379 e. The molecule has 0 heterocycles. The quantitative estimate of drug-likeness (QED) is 0.675. The molecule has 2 atom stereocenters. The van der Waals surface area contributed by atoms with E-state index in [1.165, 1.54) is 12.8 Å². The second-order valence-electron chi connectivity index (χ2n) is 3.37. The molecule has 1 saturated carbocycles. The van der Waals surface area contributed by atoms with Crippen molar-refractivity contribution in [3.63, 3.8) is 0 Å². The minimum atomic E-state index is 0.0453. The van der Waals surface area contributed by atoms with Crippen LogP contribution in [-0.2, 0) is 9.53 Å². The van der Waals surface area contributed by atoms with E-state index in [1.54, 1.807) is 14.0 Å². The fourth-order valence-electron chi connectivity index (χ4n) is 1.81. The summed E-state index contributed by atoms with van der Waals surface area (Å²) in [7, 11) is 1.71. The second kappa shape index (κ2) is 4.45. The number of ether oxygens (including phenoxy) is 1. The Labute approximate surface area is 73.5 Å². The van der Waals surface area contributed by atoms with Crippen LogP contribution >= 0.6 is 0 Å². The first kappa shape index (κ1) is 9.52. The molecule has 0 unspecified atom stereocenters. The fourth-order valence-corrected chi connectivity index (χ4v) is 1.81. The van der Waals surface area contributed by atoms with E-state index < -0.39 is 0 Å². The fraction of sp³-hybridized carbons (Fsp3) is 0.889. The third-order valence-electron chi connectivity index (χ3n) is 2.39. The first-order valence-corrected chi connectivity index (χ1v) is 4.54. The largest absolute Gasteiger partial charge is 0.379 e. The molecule has 0 radical (unpaired) electrons. The summed E-state index contributed by atoms with van der Waals surface area (Å²) >= 11 is 0. The van der Waals surface area contributed by atoms with Crippen molar-refractivity contribution < 1.29 is 9.53 Å². The lowest BCUT2D eigenvalue weighted by Crippen LogP contribution is -2.45. The summed E-state index contributed by atoms with van der Waals surface area (Å²) in [6.07, 6.45) is 4.77. The number of methoxy groups -OCH3 is 1. The molecule has 1 N–H and O–H groups in total. The van der Waals surface area contributed by atoms with Gasteiger partial charge in [-0.1, -0.05) is 12.8 Å². The van der Waals surface area contributed by atoms with Crippen LogP contribution in [0.25, 0.3) is 0 Å². The predicted molar refractivity (Wildman–Crippen MR) is 46.9 cm³/mol. The van der Waals surface area contributed by atoms with Crippen LogP contribution in [0.2, 0.25) is 0 Å². The molecule has 70 valence electrons. The Morgan fingerprint density at radius 2 is 2.08 bits per heavy atom. The Balaban J connectivity index is 2.41. The van der Waals surface area contributed by atoms with Crippen molar-refractivity contribution in [1.29, 1.82) is 0 Å². The van der Waals surface area contributed by atoms with Gasteiger partial charge in [-0.25, -0.2) is 0 Å². The lowest BCUT2D eigenvalue weighted by atomic mass is 9.92. The topological polar surface area (TPSA) is 38.3 Å². The minimum absolute atomic E-state index is 0.0453. The summed E-state index contributed by atoms with van der Waals surface area (Å²) < 4.78 is 5.29. The zero-order chi connectivity index (χ0) is 8.97. The third kappa shape index (κ3) is 2.48. The van der Waals surface area contributed by atoms with Crippen molar-refractivity contribution in [2.75, 3.05) is 7.11 Å². The van der Waals surface area contributed by atoms with E-state index in [1.807, 2.05) is 0 Å². The second-order valence-corrected chi connectivity index (χ2v) is 3.37. The van der Waals surface area contributed by atoms with Crippen LogP contribution in [0.5, 0.6) is 0 Å². The normalized spacial score (nSPS) is 29.8. The Bertz CT molecular complexity index is 159. The predicted octanol–water partition coefficient (Wildman–Crippen LogP) is 1.08. The van der Waals surface area contributed by atoms with E-state index in [4.69, 9.17) is 4.74 Å². The third-order valence-corrected chi connectivity index (χ3v) is 2.39. The van der Waals surface area contributed by atoms with Crippen LogP contribution in [0.15, 0.2) is 0 Å². The average molecular weight is 171 g/mol. The van der Waals surface area contributed by atoms with E-state index in [9.17, 15) is 4.79 Å². The zero-order valence-electron chi connectivity index (χ0n) is 7.80. The van der Waals surface area contributed by atoms with Gasteiger partial charge in [-0.15, -0.1) is 0 Å². The molecule has 0 bridgehead atoms. The molecule has 0 spiro atoms. The number of carbonyl (C=O) groups excluding carboxylic acids is 1. The van der Waals surface area contributed by atoms with Gasteiger partial charge in [-0.2, -0.15) is 0 Å². The Morgan fingerprint density at radius 1 is 1.42 bits per heavy atom. The maximum absolute atomic E-state index is 10.8. The lowest BCUT2D eigenvalue weighted by Gasteiger charge is -2.30. The number of hydrogen-bond donors (Lipinski definition) is 1. The molecule has 0 aliphatic heterocycles. The number of rotatable bonds is 2. The molecule has 0 aromatic rings. The highest BCUT2D eigenvalue weighted by Crippen LogP contribution is 2.20. The average Bonchev–Trinajstić information content (AvgIpc) is 2.04. The van der Waals surface area contributed by atoms with Gasteiger partial charge in [0.25, 0.3) is 0 Å². The molecule has 3 nitrogen and oxygen atoms in total. The molecule has 0 saturated heterocycles. The number of amides is 1. The molecule has 3 heteroatoms. The maximum atomic E-state index is 10.8. The molecule has 1 rings (SSSR count). The molecular formula is C9H17NO2. The summed E-state index contributed by atoms with van der Waals surface area (Å²) in [5.74, 6) is 0.0453. The van der Waals surface area contributed by atoms with Gasteiger partial charge in [0, 0.05) is 14.0 Å². The van der Waals surface area contributed by atoms with Crippen molar-refractivity contribution in [2.24, 2.45) is 0 Å². The van der Waals surface area contributed by atoms with E-state index in [2.05, 4.69) is 5.32 Å². The zero-order valence-corrected chi connectivity index (χ0v) is 7.80. The van der Waals surface area contributed by atoms with Crippen LogP contribution in [0.1, 0.15) is 32.6 Å². The number of nitrogens with one attached hydrogen (secondary N) is 1. The number of hydrogen-bond acceptors (Lipinski definition) is 2. The molecule has 1 fully saturated rings. The monoisotopic (exact) mass is 171 g/mol. The van der Waals surface area contributed by atoms with Crippen molar-refractivity contribution in [2.45, 2.75) is 44.8 Å². The van der Waals surface area contributed by atoms with Crippen molar-refractivity contribution in [3.05, 3.63) is 0 Å². The van der Waals surface area contributed by atoms with E-state index in [0.29, 0.717) is 0 Å². The standard InChI is InChI=1S/C9H17NO2/c1-7(11)10-8-5-3-4-6-9(8)12-2/h8-9H,3-6H2,1-2H3,(H,10,11)/t8-,9-/m1/s1. The summed E-state index contributed by atoms with van der Waals surface area (Å²) in [5, 5.41) is 2.92. The highest BCUT2D eigenvalue weighted by molar-refractivity contribution is 5.73. The summed E-state index contributed by atoms with van der Waals surface area (Å²) in [6, 6.07) is 0.237. The van der Waals surface area contributed by atoms with Gasteiger partial charge in [0.2, 0.25) is 5.91 Å². The highest BCUT2D eigenvalue weighted by Gasteiger charge is 2.24. The molecule has 1 aliphatic carbocycles. The SMILES string of the molecule is CO[C@@H]1CCCC[C@H]1NC(C)=O. The summed E-state index contributed by atoms with van der Waals surface area (Å²) in [5.41, 5.74) is 0. The lowest BCUT2D eigenvalue weighted by molar-refractivity contribution is -0.121. The van der Waals surface area contributed by atoms with Crippen LogP contribution in [-0.4, -0.2) is 25.2 Å². The maximum Gasteiger partial charge on any atom is 0.217 e. The van der Waals surface area contributed by atoms with E-state index in [-0.39, 0.29) is 18.1 Å². The van der Waals surface area contributed by atoms with Gasteiger partial charge in [-0.3, -0.25) is 4.79 Å². The van der Waals surface area contributed by atoms with Crippen LogP contribution in [0.3, 0.4) is 0 Å². The Hall–Kier alpha value is -0.570. The van der Waals surface area contributed by atoms with Gasteiger partial charge in [0.15, 0.2) is 0 Å². The van der Waals surface area contributed by atoms with E-state index in [0.717, 1.165) is 12.8 Å². The number of carbonyl (C=O) groups is 1. The van der Waals surface area contributed by atoms with Gasteiger partial charge in [0.05, 0.1) is 12.1 Å². The molecular weight excluding hydrogens is 154 g/mol. The van der Waals surface area contributed by atoms with Crippen molar-refractivity contribution in [1.82, 2.24) is 5.32 Å². The molecule has 0 aromatic heterocycles. The van der Waals surface area contributed by atoms with Gasteiger partial charge in [0.1, 0.15) is 0 Å². The Morgan fingerprint density at radius 3 is 2.67 bits per heavy atom. The Kier molecular flexibility index (Phi) is 3.53. The molecule has 1 aliphatic rings. The van der Waals surface area contributed by atoms with Gasteiger partial charge < -0.3 is 10.1 Å². The van der Waals surface area contributed by atoms with Crippen LogP contribution < -0.4 is 5.32 Å². The van der Waals surface area contributed by atoms with E-state index >= 15 is 0 Å². The summed E-state index contributed by atoms with van der Waals surface area (Å²) in [4.78, 5) is 10.8. The van der Waals surface area contributed by atoms with Crippen molar-refractivity contribution in [3.8, 4) is 0 Å². The highest BCUT2D eigenvalue weighted by atomic mass is 16.5. The molecule has 0 aromatic carbocycles. The smallest absolute Gasteiger partial charge is 0.217 e. The first-order chi connectivity index (χ1) is 5.74. The summed E-state index contributed by atoms with van der Waals surface area (Å²) in [6.45, 7) is 1.56. The van der Waals surface area contributed by atoms with Gasteiger partial charge in [-0.05, 0) is 12.8 Å². The van der Waals surface area contributed by atoms with Crippen LogP contribution in [0.4, 0.5) is 0 Å². The van der Waals surface area contributed by atoms with Crippen molar-refractivity contribution >= 4 is 5.91 Å².